The summed E-state index contributed by atoms with van der Waals surface area (Å²) in [6, 6.07) is 14.1. The van der Waals surface area contributed by atoms with E-state index < -0.39 is 0 Å². The van der Waals surface area contributed by atoms with E-state index in [9.17, 15) is 0 Å². The van der Waals surface area contributed by atoms with Gasteiger partial charge in [0.15, 0.2) is 0 Å². The second-order valence-electron chi connectivity index (χ2n) is 12.5. The second kappa shape index (κ2) is 20.2. The fraction of sp³-hybridized carbons (Fsp3) is 0.600. The molecule has 41 heavy (non-hydrogen) atoms. The van der Waals surface area contributed by atoms with Crippen molar-refractivity contribution in [2.45, 2.75) is 155 Å². The number of hydrogen-bond donors (Lipinski definition) is 0. The highest BCUT2D eigenvalue weighted by atomic mass is 79.9. The van der Waals surface area contributed by atoms with Gasteiger partial charge in [0.1, 0.15) is 0 Å². The Bertz CT molecular complexity index is 1200. The lowest BCUT2D eigenvalue weighted by molar-refractivity contribution is 0.553. The molecule has 0 fully saturated rings. The normalized spacial score (nSPS) is 11.5. The van der Waals surface area contributed by atoms with Gasteiger partial charge in [0.05, 0.1) is 0 Å². The van der Waals surface area contributed by atoms with Crippen LogP contribution in [0.2, 0.25) is 0 Å². The number of halogens is 1. The summed E-state index contributed by atoms with van der Waals surface area (Å²) >= 11 is 3.67. The van der Waals surface area contributed by atoms with E-state index in [1.54, 1.807) is 11.1 Å². The largest absolute Gasteiger partial charge is 0.115 e. The summed E-state index contributed by atoms with van der Waals surface area (Å²) in [6.45, 7) is 4.60. The van der Waals surface area contributed by atoms with Crippen LogP contribution in [0.15, 0.2) is 40.9 Å². The Kier molecular flexibility index (Phi) is 16.6. The van der Waals surface area contributed by atoms with Gasteiger partial charge in [-0.2, -0.15) is 0 Å². The molecule has 0 saturated heterocycles. The monoisotopic (exact) mass is 616 g/mol. The Balaban J connectivity index is 1.58. The highest BCUT2D eigenvalue weighted by Gasteiger charge is 2.09. The van der Waals surface area contributed by atoms with Crippen LogP contribution in [0.5, 0.6) is 0 Å². The summed E-state index contributed by atoms with van der Waals surface area (Å²) in [4.78, 5) is 0. The molecular formula is C40H57Br. The summed E-state index contributed by atoms with van der Waals surface area (Å²) < 4.78 is 1.01. The number of rotatable bonds is 22. The second-order valence-corrected chi connectivity index (χ2v) is 13.4. The molecule has 0 aliphatic rings. The first kappa shape index (κ1) is 33.7. The molecule has 0 aliphatic heterocycles. The van der Waals surface area contributed by atoms with Gasteiger partial charge in [-0.15, -0.1) is 6.42 Å². The van der Waals surface area contributed by atoms with Gasteiger partial charge in [0, 0.05) is 10.0 Å². The molecule has 224 valence electrons. The third kappa shape index (κ3) is 12.2. The van der Waals surface area contributed by atoms with Crippen LogP contribution in [0.25, 0.3) is 21.5 Å². The number of fused-ring (bicyclic) bond motifs is 2. The molecule has 0 atom stereocenters. The summed E-state index contributed by atoms with van der Waals surface area (Å²) in [5.74, 6) is 2.82. The minimum Gasteiger partial charge on any atom is -0.115 e. The van der Waals surface area contributed by atoms with Gasteiger partial charge in [-0.05, 0) is 98.6 Å². The number of hydrogen-bond acceptors (Lipinski definition) is 0. The Morgan fingerprint density at radius 3 is 1.20 bits per heavy atom. The summed E-state index contributed by atoms with van der Waals surface area (Å²) in [6.07, 6.45) is 36.1. The number of unbranched alkanes of at least 4 members (excludes halogenated alkanes) is 18. The summed E-state index contributed by atoms with van der Waals surface area (Å²) in [7, 11) is 0. The molecule has 0 nitrogen and oxygen atoms in total. The van der Waals surface area contributed by atoms with E-state index >= 15 is 0 Å². The number of aryl methyl sites for hydroxylation is 2. The highest BCUT2D eigenvalue weighted by molar-refractivity contribution is 9.10. The van der Waals surface area contributed by atoms with Crippen molar-refractivity contribution < 1.29 is 0 Å². The molecule has 3 aromatic carbocycles. The zero-order valence-electron chi connectivity index (χ0n) is 26.5. The molecule has 0 bridgehead atoms. The maximum atomic E-state index is 5.75. The molecule has 0 amide bonds. The van der Waals surface area contributed by atoms with Gasteiger partial charge in [-0.3, -0.25) is 0 Å². The maximum Gasteiger partial charge on any atom is 0.0391 e. The van der Waals surface area contributed by atoms with Crippen molar-refractivity contribution in [3.05, 3.63) is 57.6 Å². The fourth-order valence-corrected chi connectivity index (χ4v) is 6.83. The minimum absolute atomic E-state index is 0.931. The molecule has 0 aromatic heterocycles. The van der Waals surface area contributed by atoms with Crippen LogP contribution < -0.4 is 0 Å². The number of terminal acetylenes is 1. The molecule has 0 heterocycles. The van der Waals surface area contributed by atoms with Crippen molar-refractivity contribution in [1.82, 2.24) is 0 Å². The molecule has 3 aromatic rings. The third-order valence-electron chi connectivity index (χ3n) is 8.95. The highest BCUT2D eigenvalue weighted by Crippen LogP contribution is 2.31. The van der Waals surface area contributed by atoms with E-state index in [-0.39, 0.29) is 0 Å². The van der Waals surface area contributed by atoms with Crippen LogP contribution in [0.1, 0.15) is 159 Å². The van der Waals surface area contributed by atoms with Crippen LogP contribution in [-0.2, 0) is 12.8 Å². The van der Waals surface area contributed by atoms with E-state index in [2.05, 4.69) is 72.1 Å². The van der Waals surface area contributed by atoms with Gasteiger partial charge < -0.3 is 0 Å². The molecule has 0 saturated carbocycles. The van der Waals surface area contributed by atoms with Crippen molar-refractivity contribution in [1.29, 1.82) is 0 Å². The molecule has 0 N–H and O–H groups in total. The molecule has 0 aliphatic carbocycles. The Labute approximate surface area is 261 Å². The van der Waals surface area contributed by atoms with Crippen molar-refractivity contribution in [2.24, 2.45) is 0 Å². The smallest absolute Gasteiger partial charge is 0.0391 e. The van der Waals surface area contributed by atoms with Crippen LogP contribution in [-0.4, -0.2) is 0 Å². The predicted molar refractivity (Wildman–Crippen MR) is 188 cm³/mol. The standard InChI is InChI=1S/C40H57Br/c1-4-7-9-11-13-15-17-19-21-23-25-34-28-37-30-36-27-33(6-3)40(41)32-39(36)31-38(37)29-35(34)26-24-22-20-18-16-14-12-10-8-5-2/h3,27-32H,4-5,7-26H2,1-2H3. The SMILES string of the molecule is C#Cc1cc2cc3cc(CCCCCCCCCCCC)c(CCCCCCCCCCCC)cc3cc2cc1Br. The molecule has 0 spiro atoms. The van der Waals surface area contributed by atoms with E-state index in [1.165, 1.54) is 163 Å². The third-order valence-corrected chi connectivity index (χ3v) is 9.61. The molecule has 0 radical (unpaired) electrons. The number of benzene rings is 3. The van der Waals surface area contributed by atoms with Gasteiger partial charge in [0.25, 0.3) is 0 Å². The Morgan fingerprint density at radius 1 is 0.463 bits per heavy atom. The van der Waals surface area contributed by atoms with E-state index in [0.29, 0.717) is 0 Å². The zero-order chi connectivity index (χ0) is 29.1. The lowest BCUT2D eigenvalue weighted by Crippen LogP contribution is -1.97. The predicted octanol–water partition coefficient (Wildman–Crippen LogP) is 13.7. The van der Waals surface area contributed by atoms with Crippen molar-refractivity contribution in [3.8, 4) is 12.3 Å². The first-order chi connectivity index (χ1) is 20.2. The average molecular weight is 618 g/mol. The van der Waals surface area contributed by atoms with Crippen LogP contribution in [0, 0.1) is 12.3 Å². The molecule has 0 unspecified atom stereocenters. The summed E-state index contributed by atoms with van der Waals surface area (Å²) in [5.41, 5.74) is 4.10. The van der Waals surface area contributed by atoms with E-state index in [1.807, 2.05) is 0 Å². The molecule has 3 rings (SSSR count). The summed E-state index contributed by atoms with van der Waals surface area (Å²) in [5, 5.41) is 5.22. The van der Waals surface area contributed by atoms with Gasteiger partial charge in [0.2, 0.25) is 0 Å². The lowest BCUT2D eigenvalue weighted by atomic mass is 9.92. The lowest BCUT2D eigenvalue weighted by Gasteiger charge is -2.14. The van der Waals surface area contributed by atoms with Crippen molar-refractivity contribution >= 4 is 37.5 Å². The van der Waals surface area contributed by atoms with Gasteiger partial charge >= 0.3 is 0 Å². The average Bonchev–Trinajstić information content (AvgIpc) is 2.97. The molecule has 1 heteroatoms. The zero-order valence-corrected chi connectivity index (χ0v) is 28.1. The first-order valence-corrected chi connectivity index (χ1v) is 18.1. The topological polar surface area (TPSA) is 0 Å². The Hall–Kier alpha value is -1.78. The van der Waals surface area contributed by atoms with E-state index in [4.69, 9.17) is 6.42 Å². The van der Waals surface area contributed by atoms with Crippen molar-refractivity contribution in [2.75, 3.05) is 0 Å². The fourth-order valence-electron chi connectivity index (χ4n) is 6.35. The van der Waals surface area contributed by atoms with Gasteiger partial charge in [-0.25, -0.2) is 0 Å². The Morgan fingerprint density at radius 2 is 0.805 bits per heavy atom. The van der Waals surface area contributed by atoms with Crippen LogP contribution in [0.4, 0.5) is 0 Å². The van der Waals surface area contributed by atoms with Gasteiger partial charge in [-0.1, -0.05) is 147 Å². The first-order valence-electron chi connectivity index (χ1n) is 17.3. The van der Waals surface area contributed by atoms with Crippen LogP contribution >= 0.6 is 15.9 Å². The van der Waals surface area contributed by atoms with Crippen LogP contribution in [0.3, 0.4) is 0 Å². The van der Waals surface area contributed by atoms with Crippen molar-refractivity contribution in [3.63, 3.8) is 0 Å². The molecular weight excluding hydrogens is 560 g/mol. The minimum atomic E-state index is 0.931. The van der Waals surface area contributed by atoms with E-state index in [0.717, 1.165) is 10.0 Å². The quantitative estimate of drug-likeness (QED) is 0.0598. The maximum absolute atomic E-state index is 5.75.